The van der Waals surface area contributed by atoms with Gasteiger partial charge in [0.25, 0.3) is 0 Å². The van der Waals surface area contributed by atoms with Gasteiger partial charge in [-0.05, 0) is 31.7 Å². The molecular formula is C14H29NO. The van der Waals surface area contributed by atoms with E-state index in [0.29, 0.717) is 5.92 Å². The molecule has 0 radical (unpaired) electrons. The summed E-state index contributed by atoms with van der Waals surface area (Å²) in [6.07, 6.45) is 7.26. The third-order valence-electron chi connectivity index (χ3n) is 4.14. The minimum atomic E-state index is -0.0436. The van der Waals surface area contributed by atoms with Crippen LogP contribution >= 0.6 is 0 Å². The predicted molar refractivity (Wildman–Crippen MR) is 69.5 cm³/mol. The summed E-state index contributed by atoms with van der Waals surface area (Å²) in [5, 5.41) is 9.94. The molecule has 0 aliphatic heterocycles. The molecule has 96 valence electrons. The summed E-state index contributed by atoms with van der Waals surface area (Å²) in [7, 11) is 2.21. The van der Waals surface area contributed by atoms with Crippen LogP contribution in [-0.4, -0.2) is 36.2 Å². The zero-order valence-corrected chi connectivity index (χ0v) is 11.3. The Kier molecular flexibility index (Phi) is 6.37. The first-order valence-corrected chi connectivity index (χ1v) is 7.03. The molecule has 1 aliphatic carbocycles. The van der Waals surface area contributed by atoms with E-state index in [2.05, 4.69) is 25.8 Å². The first-order valence-electron chi connectivity index (χ1n) is 7.03. The van der Waals surface area contributed by atoms with E-state index >= 15 is 0 Å². The standard InChI is InChI=1S/C14H29NO/c1-4-12(5-2)10-15(3)11-13-8-6-7-9-14(13)16/h12-14,16H,4-11H2,1-3H3. The Morgan fingerprint density at radius 1 is 1.19 bits per heavy atom. The number of aliphatic hydroxyl groups excluding tert-OH is 1. The van der Waals surface area contributed by atoms with Crippen LogP contribution in [-0.2, 0) is 0 Å². The fraction of sp³-hybridized carbons (Fsp3) is 1.00. The van der Waals surface area contributed by atoms with Crippen molar-refractivity contribution < 1.29 is 5.11 Å². The monoisotopic (exact) mass is 227 g/mol. The van der Waals surface area contributed by atoms with E-state index in [1.54, 1.807) is 0 Å². The first-order chi connectivity index (χ1) is 7.67. The molecule has 0 heterocycles. The molecule has 0 saturated heterocycles. The molecule has 1 aliphatic rings. The van der Waals surface area contributed by atoms with Gasteiger partial charge >= 0.3 is 0 Å². The SMILES string of the molecule is CCC(CC)CN(C)CC1CCCCC1O. The molecule has 0 aromatic carbocycles. The van der Waals surface area contributed by atoms with Crippen LogP contribution in [0.1, 0.15) is 52.4 Å². The smallest absolute Gasteiger partial charge is 0.0580 e. The fourth-order valence-corrected chi connectivity index (χ4v) is 2.86. The summed E-state index contributed by atoms with van der Waals surface area (Å²) in [5.74, 6) is 1.35. The van der Waals surface area contributed by atoms with Crippen LogP contribution in [0.25, 0.3) is 0 Å². The molecule has 0 spiro atoms. The van der Waals surface area contributed by atoms with Gasteiger partial charge in [0.2, 0.25) is 0 Å². The third kappa shape index (κ3) is 4.42. The molecule has 0 aromatic rings. The summed E-state index contributed by atoms with van der Waals surface area (Å²) in [6, 6.07) is 0. The van der Waals surface area contributed by atoms with E-state index in [-0.39, 0.29) is 6.10 Å². The van der Waals surface area contributed by atoms with Crippen LogP contribution in [0.2, 0.25) is 0 Å². The molecule has 16 heavy (non-hydrogen) atoms. The Morgan fingerprint density at radius 3 is 2.38 bits per heavy atom. The molecule has 0 aromatic heterocycles. The second-order valence-corrected chi connectivity index (χ2v) is 5.52. The highest BCUT2D eigenvalue weighted by Gasteiger charge is 2.24. The van der Waals surface area contributed by atoms with Crippen LogP contribution in [0.3, 0.4) is 0 Å². The molecule has 1 rings (SSSR count). The van der Waals surface area contributed by atoms with Crippen LogP contribution in [0.5, 0.6) is 0 Å². The van der Waals surface area contributed by atoms with Crippen molar-refractivity contribution in [1.29, 1.82) is 0 Å². The van der Waals surface area contributed by atoms with E-state index in [1.165, 1.54) is 38.6 Å². The average molecular weight is 227 g/mol. The third-order valence-corrected chi connectivity index (χ3v) is 4.14. The Morgan fingerprint density at radius 2 is 1.81 bits per heavy atom. The minimum absolute atomic E-state index is 0.0436. The highest BCUT2D eigenvalue weighted by molar-refractivity contribution is 4.77. The zero-order chi connectivity index (χ0) is 12.0. The van der Waals surface area contributed by atoms with Gasteiger partial charge in [-0.1, -0.05) is 39.5 Å². The van der Waals surface area contributed by atoms with Crippen LogP contribution < -0.4 is 0 Å². The lowest BCUT2D eigenvalue weighted by Gasteiger charge is -2.32. The zero-order valence-electron chi connectivity index (χ0n) is 11.3. The Bertz CT molecular complexity index is 180. The van der Waals surface area contributed by atoms with Crippen molar-refractivity contribution in [2.75, 3.05) is 20.1 Å². The lowest BCUT2D eigenvalue weighted by molar-refractivity contribution is 0.0485. The van der Waals surface area contributed by atoms with Crippen molar-refractivity contribution >= 4 is 0 Å². The maximum atomic E-state index is 9.94. The van der Waals surface area contributed by atoms with Gasteiger partial charge in [-0.15, -0.1) is 0 Å². The fourth-order valence-electron chi connectivity index (χ4n) is 2.86. The van der Waals surface area contributed by atoms with Crippen molar-refractivity contribution in [3.05, 3.63) is 0 Å². The first kappa shape index (κ1) is 14.0. The van der Waals surface area contributed by atoms with Crippen LogP contribution in [0.15, 0.2) is 0 Å². The van der Waals surface area contributed by atoms with Gasteiger partial charge in [0, 0.05) is 13.1 Å². The Hall–Kier alpha value is -0.0800. The maximum absolute atomic E-state index is 9.94. The quantitative estimate of drug-likeness (QED) is 0.754. The average Bonchev–Trinajstić information content (AvgIpc) is 2.29. The van der Waals surface area contributed by atoms with Gasteiger partial charge in [-0.3, -0.25) is 0 Å². The summed E-state index contributed by atoms with van der Waals surface area (Å²) < 4.78 is 0. The predicted octanol–water partition coefficient (Wildman–Crippen LogP) is 2.91. The van der Waals surface area contributed by atoms with Gasteiger partial charge in [-0.25, -0.2) is 0 Å². The second kappa shape index (κ2) is 7.29. The van der Waals surface area contributed by atoms with E-state index in [9.17, 15) is 5.11 Å². The summed E-state index contributed by atoms with van der Waals surface area (Å²) in [6.45, 7) is 6.82. The Balaban J connectivity index is 2.29. The van der Waals surface area contributed by atoms with Crippen molar-refractivity contribution in [3.8, 4) is 0 Å². The summed E-state index contributed by atoms with van der Waals surface area (Å²) in [5.41, 5.74) is 0. The molecule has 2 atom stereocenters. The number of rotatable bonds is 6. The normalized spacial score (nSPS) is 26.6. The van der Waals surface area contributed by atoms with E-state index in [0.717, 1.165) is 18.9 Å². The molecule has 0 amide bonds. The summed E-state index contributed by atoms with van der Waals surface area (Å²) in [4.78, 5) is 2.43. The molecule has 2 unspecified atom stereocenters. The highest BCUT2D eigenvalue weighted by atomic mass is 16.3. The minimum Gasteiger partial charge on any atom is -0.393 e. The van der Waals surface area contributed by atoms with Gasteiger partial charge in [0.05, 0.1) is 6.10 Å². The largest absolute Gasteiger partial charge is 0.393 e. The van der Waals surface area contributed by atoms with Crippen molar-refractivity contribution in [3.63, 3.8) is 0 Å². The molecular weight excluding hydrogens is 198 g/mol. The van der Waals surface area contributed by atoms with E-state index < -0.39 is 0 Å². The van der Waals surface area contributed by atoms with Crippen molar-refractivity contribution in [2.24, 2.45) is 11.8 Å². The topological polar surface area (TPSA) is 23.5 Å². The van der Waals surface area contributed by atoms with Gasteiger partial charge in [-0.2, -0.15) is 0 Å². The van der Waals surface area contributed by atoms with Crippen molar-refractivity contribution in [2.45, 2.75) is 58.5 Å². The van der Waals surface area contributed by atoms with Gasteiger partial charge in [0.15, 0.2) is 0 Å². The lowest BCUT2D eigenvalue weighted by atomic mass is 9.86. The van der Waals surface area contributed by atoms with Crippen LogP contribution in [0.4, 0.5) is 0 Å². The molecule has 0 bridgehead atoms. The molecule has 1 N–H and O–H groups in total. The Labute approximate surface area is 101 Å². The number of aliphatic hydroxyl groups is 1. The van der Waals surface area contributed by atoms with Gasteiger partial charge in [0.1, 0.15) is 0 Å². The lowest BCUT2D eigenvalue weighted by Crippen LogP contribution is -2.37. The number of hydrogen-bond donors (Lipinski definition) is 1. The molecule has 2 nitrogen and oxygen atoms in total. The second-order valence-electron chi connectivity index (χ2n) is 5.52. The summed E-state index contributed by atoms with van der Waals surface area (Å²) >= 11 is 0. The van der Waals surface area contributed by atoms with Crippen molar-refractivity contribution in [1.82, 2.24) is 4.90 Å². The molecule has 1 saturated carbocycles. The van der Waals surface area contributed by atoms with E-state index in [4.69, 9.17) is 0 Å². The maximum Gasteiger partial charge on any atom is 0.0580 e. The molecule has 1 fully saturated rings. The number of hydrogen-bond acceptors (Lipinski definition) is 2. The van der Waals surface area contributed by atoms with Gasteiger partial charge < -0.3 is 10.0 Å². The highest BCUT2D eigenvalue weighted by Crippen LogP contribution is 2.25. The van der Waals surface area contributed by atoms with Crippen LogP contribution in [0, 0.1) is 11.8 Å². The number of nitrogens with zero attached hydrogens (tertiary/aromatic N) is 1. The van der Waals surface area contributed by atoms with E-state index in [1.807, 2.05) is 0 Å². The molecule has 2 heteroatoms.